The van der Waals surface area contributed by atoms with Crippen molar-refractivity contribution in [2.75, 3.05) is 17.7 Å². The molecule has 3 unspecified atom stereocenters. The molecule has 1 aliphatic heterocycles. The summed E-state index contributed by atoms with van der Waals surface area (Å²) in [4.78, 5) is 13.9. The molecule has 0 aromatic heterocycles. The lowest BCUT2D eigenvalue weighted by atomic mass is 10.0. The first kappa shape index (κ1) is 23.3. The predicted octanol–water partition coefficient (Wildman–Crippen LogP) is 5.75. The molecule has 0 fully saturated rings. The zero-order valence-corrected chi connectivity index (χ0v) is 19.1. The minimum Gasteiger partial charge on any atom is -0.478 e. The van der Waals surface area contributed by atoms with E-state index in [1.807, 2.05) is 47.6 Å². The zero-order valence-electron chi connectivity index (χ0n) is 17.5. The van der Waals surface area contributed by atoms with Crippen molar-refractivity contribution >= 4 is 39.9 Å². The molecule has 1 N–H and O–H groups in total. The molecule has 0 saturated carbocycles. The lowest BCUT2D eigenvalue weighted by molar-refractivity contribution is -0.131. The number of anilines is 2. The first-order valence-corrected chi connectivity index (χ1v) is 12.6. The summed E-state index contributed by atoms with van der Waals surface area (Å²) in [6.45, 7) is 2.49. The van der Waals surface area contributed by atoms with Gasteiger partial charge in [-0.3, -0.25) is 4.21 Å². The first-order valence-electron chi connectivity index (χ1n) is 10.1. The van der Waals surface area contributed by atoms with Crippen LogP contribution in [0.2, 0.25) is 0 Å². The van der Waals surface area contributed by atoms with Crippen molar-refractivity contribution in [1.29, 1.82) is 0 Å². The van der Waals surface area contributed by atoms with E-state index in [1.165, 1.54) is 11.8 Å². The van der Waals surface area contributed by atoms with E-state index in [4.69, 9.17) is 9.84 Å². The van der Waals surface area contributed by atoms with Crippen LogP contribution in [-0.2, 0) is 15.6 Å². The monoisotopic (exact) mass is 463 g/mol. The molecule has 0 saturated heterocycles. The number of hydrogen-bond acceptors (Lipinski definition) is 5. The van der Waals surface area contributed by atoms with Gasteiger partial charge in [0.1, 0.15) is 5.75 Å². The number of aliphatic carboxylic acids is 1. The molecule has 3 rings (SSSR count). The van der Waals surface area contributed by atoms with Gasteiger partial charge in [-0.2, -0.15) is 0 Å². The topological polar surface area (TPSA) is 66.8 Å². The lowest BCUT2D eigenvalue weighted by Crippen LogP contribution is -2.29. The highest BCUT2D eigenvalue weighted by atomic mass is 32.2. The molecule has 2 aromatic rings. The lowest BCUT2D eigenvalue weighted by Gasteiger charge is -2.28. The Labute approximate surface area is 188 Å². The number of benzene rings is 2. The Kier molecular flexibility index (Phi) is 8.15. The van der Waals surface area contributed by atoms with E-state index in [1.54, 1.807) is 6.07 Å². The van der Waals surface area contributed by atoms with E-state index < -0.39 is 22.3 Å². The van der Waals surface area contributed by atoms with E-state index in [2.05, 4.69) is 6.92 Å². The Balaban J connectivity index is 2.12. The minimum atomic E-state index is -1.88. The van der Waals surface area contributed by atoms with Crippen molar-refractivity contribution < 1.29 is 23.2 Å². The smallest absolute Gasteiger partial charge is 0.331 e. The Hall–Kier alpha value is -2.32. The number of hydrogen-bond donors (Lipinski definition) is 1. The SMILES string of the molecule is CCCCC1CN(c2ccccc2)c2cc(SC)c(O/C=C/C(=O)O)cc2S(=O)C1F. The summed E-state index contributed by atoms with van der Waals surface area (Å²) in [6, 6.07) is 13.1. The van der Waals surface area contributed by atoms with Gasteiger partial charge < -0.3 is 14.7 Å². The van der Waals surface area contributed by atoms with Gasteiger partial charge in [0, 0.05) is 24.2 Å². The molecule has 0 spiro atoms. The van der Waals surface area contributed by atoms with Crippen LogP contribution in [0.5, 0.6) is 5.75 Å². The molecule has 1 heterocycles. The zero-order chi connectivity index (χ0) is 22.4. The van der Waals surface area contributed by atoms with Crippen LogP contribution in [0.3, 0.4) is 0 Å². The number of carbonyl (C=O) groups is 1. The molecule has 0 bridgehead atoms. The normalized spacial score (nSPS) is 21.0. The number of halogens is 1. The number of thioether (sulfide) groups is 1. The van der Waals surface area contributed by atoms with Crippen LogP contribution in [0.25, 0.3) is 0 Å². The average molecular weight is 464 g/mol. The van der Waals surface area contributed by atoms with Crippen molar-refractivity contribution in [2.45, 2.75) is 41.5 Å². The van der Waals surface area contributed by atoms with Crippen LogP contribution in [0, 0.1) is 5.92 Å². The van der Waals surface area contributed by atoms with Crippen LogP contribution in [0.15, 0.2) is 64.6 Å². The highest BCUT2D eigenvalue weighted by Crippen LogP contribution is 2.44. The van der Waals surface area contributed by atoms with Crippen LogP contribution in [0.4, 0.5) is 15.8 Å². The fourth-order valence-corrected chi connectivity index (χ4v) is 5.52. The van der Waals surface area contributed by atoms with Crippen molar-refractivity contribution in [3.63, 3.8) is 0 Å². The Morgan fingerprint density at radius 1 is 1.35 bits per heavy atom. The van der Waals surface area contributed by atoms with Gasteiger partial charge in [-0.1, -0.05) is 38.0 Å². The number of para-hydroxylation sites is 1. The van der Waals surface area contributed by atoms with E-state index in [9.17, 15) is 9.00 Å². The summed E-state index contributed by atoms with van der Waals surface area (Å²) in [5.41, 5.74) is 0.0921. The number of nitrogens with zero attached hydrogens (tertiary/aromatic N) is 1. The van der Waals surface area contributed by atoms with Gasteiger partial charge in [0.25, 0.3) is 0 Å². The van der Waals surface area contributed by atoms with Crippen molar-refractivity contribution in [1.82, 2.24) is 0 Å². The second kappa shape index (κ2) is 10.8. The standard InChI is InChI=1S/C23H26FNO4S2/c1-3-4-8-16-15-25(17-9-6-5-7-10-17)18-13-20(30-2)19(29-12-11-22(26)27)14-21(18)31(28)23(16)24/h5-7,9-14,16,23H,3-4,8,15H2,1-2H3,(H,26,27)/b12-11+. The van der Waals surface area contributed by atoms with E-state index in [-0.39, 0.29) is 5.92 Å². The molecule has 8 heteroatoms. The quantitative estimate of drug-likeness (QED) is 0.306. The highest BCUT2D eigenvalue weighted by molar-refractivity contribution is 7.98. The van der Waals surface area contributed by atoms with Crippen LogP contribution < -0.4 is 9.64 Å². The van der Waals surface area contributed by atoms with Crippen LogP contribution in [-0.4, -0.2) is 33.6 Å². The summed E-state index contributed by atoms with van der Waals surface area (Å²) >= 11 is 1.42. The fraction of sp³-hybridized carbons (Fsp3) is 0.348. The summed E-state index contributed by atoms with van der Waals surface area (Å²) in [7, 11) is -1.88. The van der Waals surface area contributed by atoms with Gasteiger partial charge in [0.05, 0.1) is 38.6 Å². The largest absolute Gasteiger partial charge is 0.478 e. The van der Waals surface area contributed by atoms with Crippen molar-refractivity contribution in [2.24, 2.45) is 5.92 Å². The third-order valence-electron chi connectivity index (χ3n) is 5.15. The number of rotatable bonds is 8. The second-order valence-electron chi connectivity index (χ2n) is 7.23. The number of alkyl halides is 1. The third kappa shape index (κ3) is 5.49. The molecule has 0 radical (unpaired) electrons. The summed E-state index contributed by atoms with van der Waals surface area (Å²) in [5, 5.41) is 8.81. The highest BCUT2D eigenvalue weighted by Gasteiger charge is 2.36. The average Bonchev–Trinajstić information content (AvgIpc) is 2.87. The molecule has 0 amide bonds. The summed E-state index contributed by atoms with van der Waals surface area (Å²) in [6.07, 6.45) is 6.28. The number of carboxylic acid groups (broad SMARTS) is 1. The minimum absolute atomic E-state index is 0.351. The number of unbranched alkanes of at least 4 members (excludes halogenated alkanes) is 1. The molecular formula is C23H26FNO4S2. The molecular weight excluding hydrogens is 437 g/mol. The van der Waals surface area contributed by atoms with Gasteiger partial charge >= 0.3 is 5.97 Å². The molecule has 166 valence electrons. The van der Waals surface area contributed by atoms with Crippen molar-refractivity contribution in [3.8, 4) is 5.75 Å². The maximum Gasteiger partial charge on any atom is 0.331 e. The second-order valence-corrected chi connectivity index (χ2v) is 9.56. The van der Waals surface area contributed by atoms with E-state index >= 15 is 4.39 Å². The molecule has 1 aliphatic rings. The van der Waals surface area contributed by atoms with Gasteiger partial charge in [-0.05, 0) is 30.9 Å². The maximum absolute atomic E-state index is 15.4. The van der Waals surface area contributed by atoms with Gasteiger partial charge in [0.15, 0.2) is 5.50 Å². The maximum atomic E-state index is 15.4. The number of carboxylic acids is 1. The van der Waals surface area contributed by atoms with Gasteiger partial charge in [-0.15, -0.1) is 11.8 Å². The number of fused-ring (bicyclic) bond motifs is 1. The Morgan fingerprint density at radius 3 is 2.74 bits per heavy atom. The van der Waals surface area contributed by atoms with E-state index in [0.717, 1.165) is 35.8 Å². The molecule has 3 atom stereocenters. The van der Waals surface area contributed by atoms with Gasteiger partial charge in [0.2, 0.25) is 0 Å². The Bertz CT molecular complexity index is 968. The third-order valence-corrected chi connectivity index (χ3v) is 7.46. The van der Waals surface area contributed by atoms with Crippen LogP contribution in [0.1, 0.15) is 26.2 Å². The molecule has 5 nitrogen and oxygen atoms in total. The summed E-state index contributed by atoms with van der Waals surface area (Å²) in [5.74, 6) is -1.16. The van der Waals surface area contributed by atoms with Crippen LogP contribution >= 0.6 is 11.8 Å². The Morgan fingerprint density at radius 2 is 2.10 bits per heavy atom. The first-order chi connectivity index (χ1) is 15.0. The van der Waals surface area contributed by atoms with Crippen molar-refractivity contribution in [3.05, 3.63) is 54.8 Å². The molecule has 0 aliphatic carbocycles. The molecule has 2 aromatic carbocycles. The molecule has 31 heavy (non-hydrogen) atoms. The summed E-state index contributed by atoms with van der Waals surface area (Å²) < 4.78 is 34.2. The fourth-order valence-electron chi connectivity index (χ4n) is 3.57. The number of ether oxygens (including phenoxy) is 1. The van der Waals surface area contributed by atoms with Gasteiger partial charge in [-0.25, -0.2) is 9.18 Å². The van der Waals surface area contributed by atoms with E-state index in [0.29, 0.717) is 29.3 Å². The predicted molar refractivity (Wildman–Crippen MR) is 123 cm³/mol.